The molecule has 1 atom stereocenters. The summed E-state index contributed by atoms with van der Waals surface area (Å²) in [4.78, 5) is 20.9. The van der Waals surface area contributed by atoms with E-state index in [1.807, 2.05) is 48.2 Å². The zero-order valence-electron chi connectivity index (χ0n) is 21.2. The Balaban J connectivity index is 1.73. The van der Waals surface area contributed by atoms with Crippen molar-refractivity contribution in [2.75, 3.05) is 35.9 Å². The van der Waals surface area contributed by atoms with Gasteiger partial charge < -0.3 is 20.0 Å². The first kappa shape index (κ1) is 24.6. The van der Waals surface area contributed by atoms with Crippen molar-refractivity contribution in [3.8, 4) is 0 Å². The number of aromatic nitrogens is 2. The Labute approximate surface area is 216 Å². The standard InChI is InChI=1S/C27H33ClN6O2/c1-15(2)33-25-23(31-26(33)18-9-11-36-12-10-18)27(35)34(24(25)17-5-7-19(28)8-6-17)20-13-16(3)22(29)21(14-20)32(4)30/h5-8,13-15,18,24H,9-12,29-30H2,1-4H3. The van der Waals surface area contributed by atoms with Crippen molar-refractivity contribution >= 4 is 34.6 Å². The molecule has 0 bridgehead atoms. The summed E-state index contributed by atoms with van der Waals surface area (Å²) in [5.41, 5.74) is 11.5. The third-order valence-electron chi connectivity index (χ3n) is 7.21. The van der Waals surface area contributed by atoms with E-state index in [1.165, 1.54) is 5.01 Å². The van der Waals surface area contributed by atoms with Crippen molar-refractivity contribution in [3.63, 3.8) is 0 Å². The molecule has 1 amide bonds. The number of nitrogen functional groups attached to an aromatic ring is 1. The van der Waals surface area contributed by atoms with E-state index in [-0.39, 0.29) is 23.9 Å². The molecule has 36 heavy (non-hydrogen) atoms. The van der Waals surface area contributed by atoms with Crippen molar-refractivity contribution in [2.24, 2.45) is 5.84 Å². The van der Waals surface area contributed by atoms with Crippen LogP contribution in [-0.4, -0.2) is 35.7 Å². The van der Waals surface area contributed by atoms with Gasteiger partial charge in [-0.25, -0.2) is 10.8 Å². The van der Waals surface area contributed by atoms with Crippen molar-refractivity contribution < 1.29 is 9.53 Å². The van der Waals surface area contributed by atoms with Crippen LogP contribution in [0.2, 0.25) is 5.02 Å². The number of hydrogen-bond acceptors (Lipinski definition) is 6. The predicted octanol–water partition coefficient (Wildman–Crippen LogP) is 4.96. The maximum absolute atomic E-state index is 14.1. The summed E-state index contributed by atoms with van der Waals surface area (Å²) < 4.78 is 7.87. The normalized spacial score (nSPS) is 18.2. The summed E-state index contributed by atoms with van der Waals surface area (Å²) in [7, 11) is 1.74. The molecule has 1 fully saturated rings. The molecule has 0 spiro atoms. The number of imidazole rings is 1. The third kappa shape index (κ3) is 4.03. The van der Waals surface area contributed by atoms with Gasteiger partial charge in [0, 0.05) is 42.9 Å². The van der Waals surface area contributed by atoms with Gasteiger partial charge in [-0.2, -0.15) is 0 Å². The number of benzene rings is 2. The largest absolute Gasteiger partial charge is 0.397 e. The van der Waals surface area contributed by atoms with Crippen molar-refractivity contribution in [2.45, 2.75) is 51.6 Å². The van der Waals surface area contributed by atoms with Crippen LogP contribution in [0.15, 0.2) is 36.4 Å². The zero-order valence-corrected chi connectivity index (χ0v) is 21.9. The van der Waals surface area contributed by atoms with E-state index >= 15 is 0 Å². The Hall–Kier alpha value is -3.07. The smallest absolute Gasteiger partial charge is 0.279 e. The second-order valence-corrected chi connectivity index (χ2v) is 10.4. The molecular formula is C27H33ClN6O2. The van der Waals surface area contributed by atoms with Gasteiger partial charge in [-0.15, -0.1) is 0 Å². The number of rotatable bonds is 5. The van der Waals surface area contributed by atoms with E-state index in [9.17, 15) is 4.79 Å². The lowest BCUT2D eigenvalue weighted by molar-refractivity contribution is 0.0824. The number of fused-ring (bicyclic) bond motifs is 1. The van der Waals surface area contributed by atoms with Gasteiger partial charge in [-0.1, -0.05) is 23.7 Å². The van der Waals surface area contributed by atoms with Crippen LogP contribution in [0.1, 0.15) is 77.8 Å². The fourth-order valence-corrected chi connectivity index (χ4v) is 5.56. The number of hydrogen-bond donors (Lipinski definition) is 2. The Morgan fingerprint density at radius 2 is 1.83 bits per heavy atom. The number of carbonyl (C=O) groups is 1. The maximum atomic E-state index is 14.1. The number of amides is 1. The van der Waals surface area contributed by atoms with Gasteiger partial charge >= 0.3 is 0 Å². The van der Waals surface area contributed by atoms with E-state index in [1.54, 1.807) is 7.05 Å². The highest BCUT2D eigenvalue weighted by Crippen LogP contribution is 2.46. The highest BCUT2D eigenvalue weighted by atomic mass is 35.5. The molecule has 5 rings (SSSR count). The van der Waals surface area contributed by atoms with Gasteiger partial charge in [0.25, 0.3) is 5.91 Å². The molecule has 9 heteroatoms. The molecule has 2 aromatic carbocycles. The van der Waals surface area contributed by atoms with Gasteiger partial charge in [-0.05, 0) is 69.0 Å². The number of nitrogens with two attached hydrogens (primary N) is 2. The van der Waals surface area contributed by atoms with Crippen LogP contribution >= 0.6 is 11.6 Å². The first-order chi connectivity index (χ1) is 17.2. The topological polar surface area (TPSA) is 103 Å². The number of carbonyl (C=O) groups excluding carboxylic acids is 1. The number of ether oxygens (including phenoxy) is 1. The van der Waals surface area contributed by atoms with Gasteiger partial charge in [0.05, 0.1) is 17.1 Å². The number of aryl methyl sites for hydroxylation is 1. The molecule has 1 saturated heterocycles. The molecule has 2 aliphatic heterocycles. The lowest BCUT2D eigenvalue weighted by atomic mass is 9.98. The van der Waals surface area contributed by atoms with Crippen LogP contribution in [0.4, 0.5) is 17.1 Å². The summed E-state index contributed by atoms with van der Waals surface area (Å²) in [6.45, 7) is 7.63. The van der Waals surface area contributed by atoms with Crippen molar-refractivity contribution in [1.82, 2.24) is 9.55 Å². The van der Waals surface area contributed by atoms with Crippen LogP contribution in [0.25, 0.3) is 0 Å². The van der Waals surface area contributed by atoms with E-state index in [0.717, 1.165) is 41.2 Å². The SMILES string of the molecule is Cc1cc(N2C(=O)c3nc(C4CCOCC4)n(C(C)C)c3C2c2ccc(Cl)cc2)cc(N(C)N)c1N. The van der Waals surface area contributed by atoms with Crippen LogP contribution in [0.5, 0.6) is 0 Å². The molecule has 4 N–H and O–H groups in total. The summed E-state index contributed by atoms with van der Waals surface area (Å²) in [6, 6.07) is 11.2. The van der Waals surface area contributed by atoms with Gasteiger partial charge in [-0.3, -0.25) is 9.69 Å². The fourth-order valence-electron chi connectivity index (χ4n) is 5.43. The zero-order chi connectivity index (χ0) is 25.7. The van der Waals surface area contributed by atoms with Crippen LogP contribution in [-0.2, 0) is 4.74 Å². The predicted molar refractivity (Wildman–Crippen MR) is 144 cm³/mol. The molecule has 3 heterocycles. The van der Waals surface area contributed by atoms with Gasteiger partial charge in [0.15, 0.2) is 5.69 Å². The maximum Gasteiger partial charge on any atom is 0.279 e. The van der Waals surface area contributed by atoms with Crippen LogP contribution in [0, 0.1) is 6.92 Å². The van der Waals surface area contributed by atoms with E-state index < -0.39 is 0 Å². The first-order valence-electron chi connectivity index (χ1n) is 12.4. The lowest BCUT2D eigenvalue weighted by Crippen LogP contribution is -2.32. The molecule has 8 nitrogen and oxygen atoms in total. The van der Waals surface area contributed by atoms with Crippen LogP contribution in [0.3, 0.4) is 0 Å². The minimum Gasteiger partial charge on any atom is -0.397 e. The molecule has 1 aromatic heterocycles. The molecule has 0 aliphatic carbocycles. The minimum absolute atomic E-state index is 0.125. The van der Waals surface area contributed by atoms with Gasteiger partial charge in [0.2, 0.25) is 0 Å². The highest BCUT2D eigenvalue weighted by molar-refractivity contribution is 6.30. The quantitative estimate of drug-likeness (QED) is 0.287. The van der Waals surface area contributed by atoms with Gasteiger partial charge in [0.1, 0.15) is 11.9 Å². The summed E-state index contributed by atoms with van der Waals surface area (Å²) >= 11 is 6.24. The van der Waals surface area contributed by atoms with Crippen molar-refractivity contribution in [1.29, 1.82) is 0 Å². The molecular weight excluding hydrogens is 476 g/mol. The number of anilines is 3. The number of nitrogens with zero attached hydrogens (tertiary/aromatic N) is 4. The summed E-state index contributed by atoms with van der Waals surface area (Å²) in [5.74, 6) is 7.19. The van der Waals surface area contributed by atoms with Crippen LogP contribution < -0.4 is 21.5 Å². The molecule has 190 valence electrons. The summed E-state index contributed by atoms with van der Waals surface area (Å²) in [5, 5.41) is 2.12. The van der Waals surface area contributed by atoms with E-state index in [0.29, 0.717) is 35.3 Å². The summed E-state index contributed by atoms with van der Waals surface area (Å²) in [6.07, 6.45) is 1.80. The average molecular weight is 509 g/mol. The molecule has 0 radical (unpaired) electrons. The lowest BCUT2D eigenvalue weighted by Gasteiger charge is -2.31. The molecule has 3 aromatic rings. The molecule has 0 saturated carbocycles. The monoisotopic (exact) mass is 508 g/mol. The minimum atomic E-state index is -0.368. The molecule has 2 aliphatic rings. The number of hydrazine groups is 1. The Kier molecular flexibility index (Phi) is 6.44. The van der Waals surface area contributed by atoms with E-state index in [4.69, 9.17) is 32.9 Å². The fraction of sp³-hybridized carbons (Fsp3) is 0.407. The third-order valence-corrected chi connectivity index (χ3v) is 7.46. The highest BCUT2D eigenvalue weighted by Gasteiger charge is 2.45. The first-order valence-corrected chi connectivity index (χ1v) is 12.7. The Bertz CT molecular complexity index is 1290. The Morgan fingerprint density at radius 3 is 2.44 bits per heavy atom. The Morgan fingerprint density at radius 1 is 1.17 bits per heavy atom. The second-order valence-electron chi connectivity index (χ2n) is 9.99. The number of halogens is 1. The second kappa shape index (κ2) is 9.42. The van der Waals surface area contributed by atoms with E-state index in [2.05, 4.69) is 18.4 Å². The average Bonchev–Trinajstić information content (AvgIpc) is 3.37. The van der Waals surface area contributed by atoms with Crippen molar-refractivity contribution in [3.05, 3.63) is 69.8 Å². The molecule has 1 unspecified atom stereocenters.